The summed E-state index contributed by atoms with van der Waals surface area (Å²) < 4.78 is 11.6. The van der Waals surface area contributed by atoms with E-state index in [0.29, 0.717) is 13.2 Å². The SMILES string of the molecule is Cl.Cl.c1ccc(CNCCCOc2ccc(OCCCNCc3ccccc3)cc2)cc1. The molecule has 0 aliphatic carbocycles. The molecule has 0 atom stereocenters. The number of benzene rings is 3. The molecule has 3 aromatic rings. The topological polar surface area (TPSA) is 42.5 Å². The van der Waals surface area contributed by atoms with E-state index in [4.69, 9.17) is 9.47 Å². The second kappa shape index (κ2) is 17.3. The zero-order valence-electron chi connectivity index (χ0n) is 18.4. The Balaban J connectivity index is 0.00000256. The molecule has 3 rings (SSSR count). The fourth-order valence-electron chi connectivity index (χ4n) is 3.06. The lowest BCUT2D eigenvalue weighted by atomic mass is 10.2. The Labute approximate surface area is 204 Å². The van der Waals surface area contributed by atoms with Crippen LogP contribution in [-0.2, 0) is 13.1 Å². The number of rotatable bonds is 14. The third kappa shape index (κ3) is 11.4. The molecule has 6 heteroatoms. The number of halogens is 2. The molecule has 0 aromatic heterocycles. The molecule has 0 amide bonds. The smallest absolute Gasteiger partial charge is 0.119 e. The van der Waals surface area contributed by atoms with Crippen LogP contribution in [0.25, 0.3) is 0 Å². The van der Waals surface area contributed by atoms with Crippen molar-refractivity contribution in [3.05, 3.63) is 96.1 Å². The van der Waals surface area contributed by atoms with Crippen LogP contribution < -0.4 is 20.1 Å². The molecule has 2 N–H and O–H groups in total. The summed E-state index contributed by atoms with van der Waals surface area (Å²) in [5.41, 5.74) is 2.61. The Morgan fingerprint density at radius 2 is 0.875 bits per heavy atom. The second-order valence-electron chi connectivity index (χ2n) is 7.20. The predicted octanol–water partition coefficient (Wildman–Crippen LogP) is 5.65. The molecular formula is C26H34Cl2N2O2. The Bertz CT molecular complexity index is 748. The molecule has 0 aliphatic rings. The third-order valence-corrected chi connectivity index (χ3v) is 4.70. The lowest BCUT2D eigenvalue weighted by Crippen LogP contribution is -2.17. The van der Waals surface area contributed by atoms with E-state index < -0.39 is 0 Å². The van der Waals surface area contributed by atoms with Gasteiger partial charge in [0.15, 0.2) is 0 Å². The lowest BCUT2D eigenvalue weighted by molar-refractivity contribution is 0.300. The van der Waals surface area contributed by atoms with Gasteiger partial charge in [-0.05, 0) is 61.3 Å². The largest absolute Gasteiger partial charge is 0.494 e. The average Bonchev–Trinajstić information content (AvgIpc) is 2.81. The highest BCUT2D eigenvalue weighted by Crippen LogP contribution is 2.17. The fraction of sp³-hybridized carbons (Fsp3) is 0.308. The Morgan fingerprint density at radius 3 is 1.25 bits per heavy atom. The van der Waals surface area contributed by atoms with Gasteiger partial charge in [0.25, 0.3) is 0 Å². The summed E-state index contributed by atoms with van der Waals surface area (Å²) in [4.78, 5) is 0. The summed E-state index contributed by atoms with van der Waals surface area (Å²) in [6, 6.07) is 28.8. The molecule has 4 nitrogen and oxygen atoms in total. The number of nitrogens with one attached hydrogen (secondary N) is 2. The van der Waals surface area contributed by atoms with E-state index >= 15 is 0 Å². The first-order chi connectivity index (χ1) is 14.9. The molecule has 174 valence electrons. The monoisotopic (exact) mass is 476 g/mol. The first kappa shape index (κ1) is 27.8. The summed E-state index contributed by atoms with van der Waals surface area (Å²) in [5.74, 6) is 1.77. The van der Waals surface area contributed by atoms with Gasteiger partial charge >= 0.3 is 0 Å². The maximum Gasteiger partial charge on any atom is 0.119 e. The van der Waals surface area contributed by atoms with E-state index in [-0.39, 0.29) is 24.8 Å². The summed E-state index contributed by atoms with van der Waals surface area (Å²) in [6.07, 6.45) is 1.95. The average molecular weight is 477 g/mol. The predicted molar refractivity (Wildman–Crippen MR) is 137 cm³/mol. The van der Waals surface area contributed by atoms with Crippen molar-refractivity contribution in [2.24, 2.45) is 0 Å². The minimum Gasteiger partial charge on any atom is -0.494 e. The molecule has 0 aliphatic heterocycles. The summed E-state index contributed by atoms with van der Waals surface area (Å²) in [6.45, 7) is 5.08. The van der Waals surface area contributed by atoms with Crippen LogP contribution >= 0.6 is 24.8 Å². The highest BCUT2D eigenvalue weighted by molar-refractivity contribution is 5.85. The van der Waals surface area contributed by atoms with Crippen molar-refractivity contribution in [2.75, 3.05) is 26.3 Å². The van der Waals surface area contributed by atoms with Crippen molar-refractivity contribution in [3.8, 4) is 11.5 Å². The molecule has 0 saturated carbocycles. The van der Waals surface area contributed by atoms with Crippen LogP contribution in [0.4, 0.5) is 0 Å². The minimum absolute atomic E-state index is 0. The highest BCUT2D eigenvalue weighted by Gasteiger charge is 1.98. The van der Waals surface area contributed by atoms with Crippen molar-refractivity contribution in [1.82, 2.24) is 10.6 Å². The normalized spacial score (nSPS) is 10.0. The molecule has 0 unspecified atom stereocenters. The lowest BCUT2D eigenvalue weighted by Gasteiger charge is -2.10. The van der Waals surface area contributed by atoms with Crippen LogP contribution in [0.15, 0.2) is 84.9 Å². The van der Waals surface area contributed by atoms with Crippen molar-refractivity contribution >= 4 is 24.8 Å². The van der Waals surface area contributed by atoms with Crippen LogP contribution in [0.5, 0.6) is 11.5 Å². The van der Waals surface area contributed by atoms with Crippen molar-refractivity contribution in [1.29, 1.82) is 0 Å². The van der Waals surface area contributed by atoms with Gasteiger partial charge in [0.2, 0.25) is 0 Å². The summed E-state index contributed by atoms with van der Waals surface area (Å²) >= 11 is 0. The maximum atomic E-state index is 5.81. The minimum atomic E-state index is 0. The molecule has 0 heterocycles. The summed E-state index contributed by atoms with van der Waals surface area (Å²) in [7, 11) is 0. The molecule has 3 aromatic carbocycles. The van der Waals surface area contributed by atoms with Gasteiger partial charge in [-0.3, -0.25) is 0 Å². The van der Waals surface area contributed by atoms with E-state index in [1.165, 1.54) is 11.1 Å². The molecule has 0 fully saturated rings. The Morgan fingerprint density at radius 1 is 0.500 bits per heavy atom. The Kier molecular flexibility index (Phi) is 15.1. The van der Waals surface area contributed by atoms with Gasteiger partial charge in [0, 0.05) is 13.1 Å². The number of hydrogen-bond acceptors (Lipinski definition) is 4. The molecule has 32 heavy (non-hydrogen) atoms. The van der Waals surface area contributed by atoms with E-state index in [0.717, 1.165) is 50.5 Å². The van der Waals surface area contributed by atoms with Crippen LogP contribution in [0.3, 0.4) is 0 Å². The van der Waals surface area contributed by atoms with Gasteiger partial charge in [-0.2, -0.15) is 0 Å². The van der Waals surface area contributed by atoms with Crippen LogP contribution in [-0.4, -0.2) is 26.3 Å². The highest BCUT2D eigenvalue weighted by atomic mass is 35.5. The van der Waals surface area contributed by atoms with Crippen LogP contribution in [0.2, 0.25) is 0 Å². The number of hydrogen-bond donors (Lipinski definition) is 2. The van der Waals surface area contributed by atoms with E-state index in [1.807, 2.05) is 36.4 Å². The zero-order chi connectivity index (χ0) is 20.7. The standard InChI is InChI=1S/C26H32N2O2.2ClH/c1-3-9-23(10-4-1)21-27-17-7-19-29-25-13-15-26(16-14-25)30-20-8-18-28-22-24-11-5-2-6-12-24;;/h1-6,9-16,27-28H,7-8,17-22H2;2*1H. The molecule has 0 spiro atoms. The maximum absolute atomic E-state index is 5.81. The molecule has 0 bridgehead atoms. The van der Waals surface area contributed by atoms with E-state index in [9.17, 15) is 0 Å². The first-order valence-electron chi connectivity index (χ1n) is 10.7. The molecule has 0 radical (unpaired) electrons. The van der Waals surface area contributed by atoms with Gasteiger partial charge in [-0.1, -0.05) is 60.7 Å². The van der Waals surface area contributed by atoms with Crippen molar-refractivity contribution in [3.63, 3.8) is 0 Å². The Hall–Kier alpha value is -2.24. The van der Waals surface area contributed by atoms with Crippen molar-refractivity contribution in [2.45, 2.75) is 25.9 Å². The molecular weight excluding hydrogens is 443 g/mol. The van der Waals surface area contributed by atoms with Gasteiger partial charge in [0.05, 0.1) is 13.2 Å². The van der Waals surface area contributed by atoms with E-state index in [2.05, 4.69) is 59.2 Å². The quantitative estimate of drug-likeness (QED) is 0.295. The zero-order valence-corrected chi connectivity index (χ0v) is 20.0. The van der Waals surface area contributed by atoms with Crippen LogP contribution in [0, 0.1) is 0 Å². The fourth-order valence-corrected chi connectivity index (χ4v) is 3.06. The van der Waals surface area contributed by atoms with Crippen molar-refractivity contribution < 1.29 is 9.47 Å². The van der Waals surface area contributed by atoms with Gasteiger partial charge in [-0.15, -0.1) is 24.8 Å². The summed E-state index contributed by atoms with van der Waals surface area (Å²) in [5, 5.41) is 6.88. The van der Waals surface area contributed by atoms with Crippen LogP contribution in [0.1, 0.15) is 24.0 Å². The van der Waals surface area contributed by atoms with E-state index in [1.54, 1.807) is 0 Å². The first-order valence-corrected chi connectivity index (χ1v) is 10.7. The third-order valence-electron chi connectivity index (χ3n) is 4.70. The van der Waals surface area contributed by atoms with Gasteiger partial charge in [0.1, 0.15) is 11.5 Å². The molecule has 0 saturated heterocycles. The number of ether oxygens (including phenoxy) is 2. The van der Waals surface area contributed by atoms with Gasteiger partial charge < -0.3 is 20.1 Å². The second-order valence-corrected chi connectivity index (χ2v) is 7.20. The van der Waals surface area contributed by atoms with Gasteiger partial charge in [-0.25, -0.2) is 0 Å².